The Balaban J connectivity index is 2.78. The lowest BCUT2D eigenvalue weighted by Gasteiger charge is -2.10. The van der Waals surface area contributed by atoms with Crippen molar-refractivity contribution in [2.24, 2.45) is 5.73 Å². The molecule has 1 aromatic rings. The molecule has 0 saturated heterocycles. The van der Waals surface area contributed by atoms with Gasteiger partial charge in [0.1, 0.15) is 18.2 Å². The summed E-state index contributed by atoms with van der Waals surface area (Å²) in [6.07, 6.45) is 0. The maximum atomic E-state index is 10.5. The molecule has 6 heteroatoms. The second kappa shape index (κ2) is 5.50. The standard InChI is InChI=1S/C11H10N4O2/c12-4-7-1-2-9(3-8(7)5-13)15-6-10(14)11(16)17/h1-3,10,15H,6,14H2,(H,16,17). The summed E-state index contributed by atoms with van der Waals surface area (Å²) in [5, 5.41) is 28.9. The van der Waals surface area contributed by atoms with E-state index in [4.69, 9.17) is 21.4 Å². The molecular weight excluding hydrogens is 220 g/mol. The lowest BCUT2D eigenvalue weighted by atomic mass is 10.1. The first-order valence-corrected chi connectivity index (χ1v) is 4.75. The molecule has 0 saturated carbocycles. The number of aliphatic carboxylic acids is 1. The number of nitriles is 2. The minimum atomic E-state index is -1.10. The molecular formula is C11H10N4O2. The van der Waals surface area contributed by atoms with Gasteiger partial charge < -0.3 is 16.2 Å². The third kappa shape index (κ3) is 3.20. The monoisotopic (exact) mass is 230 g/mol. The Labute approximate surface area is 97.9 Å². The Morgan fingerprint density at radius 1 is 1.41 bits per heavy atom. The fraction of sp³-hybridized carbons (Fsp3) is 0.182. The van der Waals surface area contributed by atoms with Crippen molar-refractivity contribution < 1.29 is 9.90 Å². The van der Waals surface area contributed by atoms with Gasteiger partial charge in [-0.25, -0.2) is 0 Å². The van der Waals surface area contributed by atoms with Gasteiger partial charge >= 0.3 is 5.97 Å². The van der Waals surface area contributed by atoms with Crippen LogP contribution in [0.25, 0.3) is 0 Å². The van der Waals surface area contributed by atoms with Gasteiger partial charge in [-0.05, 0) is 18.2 Å². The van der Waals surface area contributed by atoms with E-state index in [1.165, 1.54) is 12.1 Å². The predicted octanol–water partition coefficient (Wildman–Crippen LogP) is 0.254. The first-order valence-electron chi connectivity index (χ1n) is 4.75. The van der Waals surface area contributed by atoms with E-state index in [1.54, 1.807) is 6.07 Å². The summed E-state index contributed by atoms with van der Waals surface area (Å²) in [6.45, 7) is 0.0477. The van der Waals surface area contributed by atoms with Crippen LogP contribution < -0.4 is 11.1 Å². The number of anilines is 1. The average molecular weight is 230 g/mol. The normalized spacial score (nSPS) is 11.0. The molecule has 0 aromatic heterocycles. The van der Waals surface area contributed by atoms with Gasteiger partial charge in [-0.3, -0.25) is 4.79 Å². The minimum Gasteiger partial charge on any atom is -0.480 e. The Bertz CT molecular complexity index is 513. The summed E-state index contributed by atoms with van der Waals surface area (Å²) < 4.78 is 0. The van der Waals surface area contributed by atoms with Crippen LogP contribution >= 0.6 is 0 Å². The van der Waals surface area contributed by atoms with E-state index < -0.39 is 12.0 Å². The summed E-state index contributed by atoms with van der Waals surface area (Å²) in [5.41, 5.74) is 6.38. The molecule has 1 rings (SSSR count). The van der Waals surface area contributed by atoms with Gasteiger partial charge in [0, 0.05) is 12.2 Å². The fourth-order valence-corrected chi connectivity index (χ4v) is 1.16. The van der Waals surface area contributed by atoms with Crippen molar-refractivity contribution in [3.05, 3.63) is 29.3 Å². The van der Waals surface area contributed by atoms with E-state index in [2.05, 4.69) is 5.32 Å². The second-order valence-corrected chi connectivity index (χ2v) is 3.31. The van der Waals surface area contributed by atoms with E-state index >= 15 is 0 Å². The number of carboxylic acids is 1. The first-order chi connectivity index (χ1) is 8.08. The molecule has 1 aromatic carbocycles. The largest absolute Gasteiger partial charge is 0.480 e. The van der Waals surface area contributed by atoms with Crippen LogP contribution in [0, 0.1) is 22.7 Å². The number of carboxylic acid groups (broad SMARTS) is 1. The van der Waals surface area contributed by atoms with Crippen LogP contribution in [-0.4, -0.2) is 23.7 Å². The smallest absolute Gasteiger partial charge is 0.322 e. The van der Waals surface area contributed by atoms with E-state index in [0.29, 0.717) is 5.69 Å². The molecule has 17 heavy (non-hydrogen) atoms. The minimum absolute atomic E-state index is 0.0477. The lowest BCUT2D eigenvalue weighted by molar-refractivity contribution is -0.138. The third-order valence-electron chi connectivity index (χ3n) is 2.10. The Kier molecular flexibility index (Phi) is 4.04. The Hall–Kier alpha value is -2.57. The number of nitrogens with zero attached hydrogens (tertiary/aromatic N) is 2. The van der Waals surface area contributed by atoms with Crippen LogP contribution in [0.3, 0.4) is 0 Å². The molecule has 0 spiro atoms. The van der Waals surface area contributed by atoms with E-state index in [0.717, 1.165) is 0 Å². The molecule has 0 heterocycles. The zero-order valence-corrected chi connectivity index (χ0v) is 8.84. The zero-order chi connectivity index (χ0) is 12.8. The van der Waals surface area contributed by atoms with Crippen molar-refractivity contribution >= 4 is 11.7 Å². The van der Waals surface area contributed by atoms with Crippen LogP contribution in [0.1, 0.15) is 11.1 Å². The zero-order valence-electron chi connectivity index (χ0n) is 8.84. The number of benzene rings is 1. The van der Waals surface area contributed by atoms with E-state index in [-0.39, 0.29) is 17.7 Å². The third-order valence-corrected chi connectivity index (χ3v) is 2.10. The van der Waals surface area contributed by atoms with Gasteiger partial charge in [0.15, 0.2) is 0 Å². The number of rotatable bonds is 4. The van der Waals surface area contributed by atoms with E-state index in [1.807, 2.05) is 12.1 Å². The number of nitrogens with one attached hydrogen (secondary N) is 1. The molecule has 0 amide bonds. The van der Waals surface area contributed by atoms with Crippen molar-refractivity contribution in [2.45, 2.75) is 6.04 Å². The maximum absolute atomic E-state index is 10.5. The van der Waals surface area contributed by atoms with Crippen molar-refractivity contribution in [2.75, 3.05) is 11.9 Å². The molecule has 6 nitrogen and oxygen atoms in total. The predicted molar refractivity (Wildman–Crippen MR) is 60.0 cm³/mol. The van der Waals surface area contributed by atoms with Gasteiger partial charge in [0.25, 0.3) is 0 Å². The SMILES string of the molecule is N#Cc1ccc(NCC(N)C(=O)O)cc1C#N. The van der Waals surface area contributed by atoms with Gasteiger partial charge in [-0.1, -0.05) is 0 Å². The van der Waals surface area contributed by atoms with Crippen LogP contribution in [0.4, 0.5) is 5.69 Å². The molecule has 0 radical (unpaired) electrons. The Morgan fingerprint density at radius 3 is 2.59 bits per heavy atom. The van der Waals surface area contributed by atoms with Crippen molar-refractivity contribution in [3.63, 3.8) is 0 Å². The quantitative estimate of drug-likeness (QED) is 0.681. The highest BCUT2D eigenvalue weighted by atomic mass is 16.4. The molecule has 4 N–H and O–H groups in total. The number of hydrogen-bond acceptors (Lipinski definition) is 5. The van der Waals surface area contributed by atoms with Crippen molar-refractivity contribution in [1.29, 1.82) is 10.5 Å². The summed E-state index contributed by atoms with van der Waals surface area (Å²) >= 11 is 0. The first kappa shape index (κ1) is 12.5. The van der Waals surface area contributed by atoms with Gasteiger partial charge in [0.05, 0.1) is 11.1 Å². The van der Waals surface area contributed by atoms with Crippen molar-refractivity contribution in [3.8, 4) is 12.1 Å². The second-order valence-electron chi connectivity index (χ2n) is 3.31. The molecule has 0 fully saturated rings. The molecule has 1 unspecified atom stereocenters. The van der Waals surface area contributed by atoms with E-state index in [9.17, 15) is 4.79 Å². The van der Waals surface area contributed by atoms with Gasteiger partial charge in [0.2, 0.25) is 0 Å². The summed E-state index contributed by atoms with van der Waals surface area (Å²) in [6, 6.07) is 7.32. The molecule has 0 bridgehead atoms. The maximum Gasteiger partial charge on any atom is 0.322 e. The van der Waals surface area contributed by atoms with Crippen LogP contribution in [0.15, 0.2) is 18.2 Å². The lowest BCUT2D eigenvalue weighted by Crippen LogP contribution is -2.36. The molecule has 1 atom stereocenters. The highest BCUT2D eigenvalue weighted by Crippen LogP contribution is 2.14. The van der Waals surface area contributed by atoms with Crippen LogP contribution in [-0.2, 0) is 4.79 Å². The number of nitrogens with two attached hydrogens (primary N) is 1. The highest BCUT2D eigenvalue weighted by molar-refractivity contribution is 5.74. The van der Waals surface area contributed by atoms with Crippen molar-refractivity contribution in [1.82, 2.24) is 0 Å². The molecule has 0 aliphatic rings. The number of hydrogen-bond donors (Lipinski definition) is 3. The Morgan fingerprint density at radius 2 is 2.06 bits per heavy atom. The van der Waals surface area contributed by atoms with Gasteiger partial charge in [-0.2, -0.15) is 10.5 Å². The molecule has 0 aliphatic carbocycles. The summed E-state index contributed by atoms with van der Waals surface area (Å²) in [7, 11) is 0. The van der Waals surface area contributed by atoms with Gasteiger partial charge in [-0.15, -0.1) is 0 Å². The fourth-order valence-electron chi connectivity index (χ4n) is 1.16. The number of carbonyl (C=O) groups is 1. The topological polar surface area (TPSA) is 123 Å². The van der Waals surface area contributed by atoms with Crippen LogP contribution in [0.2, 0.25) is 0 Å². The average Bonchev–Trinajstić information content (AvgIpc) is 2.35. The highest BCUT2D eigenvalue weighted by Gasteiger charge is 2.11. The molecule has 86 valence electrons. The molecule has 0 aliphatic heterocycles. The summed E-state index contributed by atoms with van der Waals surface area (Å²) in [4.78, 5) is 10.5. The van der Waals surface area contributed by atoms with Crippen LogP contribution in [0.5, 0.6) is 0 Å². The summed E-state index contributed by atoms with van der Waals surface area (Å²) in [5.74, 6) is -1.10.